The standard InChI is InChI=1S/C28H22FN5OS/c29-24-10-12-25(13-11-24)31-27(35)23-8-6-21(7-9-23)19-36-28-33-32-26(22-14-16-30-17-15-22)34(28)18-20-4-2-1-3-5-20/h1-17H,18-19H2,(H,31,35). The van der Waals surface area contributed by atoms with Gasteiger partial charge in [-0.3, -0.25) is 14.3 Å². The molecule has 0 spiro atoms. The molecule has 0 aliphatic rings. The molecule has 0 bridgehead atoms. The first-order valence-corrected chi connectivity index (χ1v) is 12.3. The molecule has 36 heavy (non-hydrogen) atoms. The lowest BCUT2D eigenvalue weighted by Gasteiger charge is -2.11. The number of pyridine rings is 1. The number of benzene rings is 3. The summed E-state index contributed by atoms with van der Waals surface area (Å²) < 4.78 is 15.2. The van der Waals surface area contributed by atoms with Crippen LogP contribution < -0.4 is 5.32 Å². The average molecular weight is 496 g/mol. The van der Waals surface area contributed by atoms with Crippen molar-refractivity contribution in [3.05, 3.63) is 126 Å². The molecule has 0 radical (unpaired) electrons. The van der Waals surface area contributed by atoms with Gasteiger partial charge in [0, 0.05) is 35.0 Å². The van der Waals surface area contributed by atoms with Gasteiger partial charge in [0.05, 0.1) is 6.54 Å². The number of rotatable bonds is 8. The zero-order valence-electron chi connectivity index (χ0n) is 19.2. The van der Waals surface area contributed by atoms with Gasteiger partial charge in [-0.15, -0.1) is 10.2 Å². The number of anilines is 1. The highest BCUT2D eigenvalue weighted by molar-refractivity contribution is 7.98. The maximum atomic E-state index is 13.1. The number of nitrogens with one attached hydrogen (secondary N) is 1. The summed E-state index contributed by atoms with van der Waals surface area (Å²) in [5, 5.41) is 12.5. The molecule has 0 unspecified atom stereocenters. The van der Waals surface area contributed by atoms with E-state index in [4.69, 9.17) is 0 Å². The second-order valence-electron chi connectivity index (χ2n) is 8.06. The molecule has 5 rings (SSSR count). The van der Waals surface area contributed by atoms with Crippen LogP contribution in [0.1, 0.15) is 21.5 Å². The number of halogens is 1. The minimum absolute atomic E-state index is 0.245. The lowest BCUT2D eigenvalue weighted by Crippen LogP contribution is -2.11. The number of carbonyl (C=O) groups is 1. The van der Waals surface area contributed by atoms with Crippen molar-refractivity contribution in [3.8, 4) is 11.4 Å². The molecule has 0 atom stereocenters. The number of hydrogen-bond donors (Lipinski definition) is 1. The molecule has 1 amide bonds. The summed E-state index contributed by atoms with van der Waals surface area (Å²) in [6.45, 7) is 0.649. The molecular formula is C28H22FN5OS. The first kappa shape index (κ1) is 23.4. The van der Waals surface area contributed by atoms with Crippen LogP contribution in [0.15, 0.2) is 109 Å². The Kier molecular flexibility index (Phi) is 7.14. The van der Waals surface area contributed by atoms with Crippen LogP contribution in [-0.2, 0) is 12.3 Å². The number of amides is 1. The van der Waals surface area contributed by atoms with Crippen LogP contribution in [0.3, 0.4) is 0 Å². The van der Waals surface area contributed by atoms with Gasteiger partial charge in [0.15, 0.2) is 11.0 Å². The van der Waals surface area contributed by atoms with Crippen LogP contribution in [0.4, 0.5) is 10.1 Å². The van der Waals surface area contributed by atoms with Crippen LogP contribution in [0.25, 0.3) is 11.4 Å². The monoisotopic (exact) mass is 495 g/mol. The molecule has 0 aliphatic heterocycles. The maximum Gasteiger partial charge on any atom is 0.255 e. The fraction of sp³-hybridized carbons (Fsp3) is 0.0714. The maximum absolute atomic E-state index is 13.1. The highest BCUT2D eigenvalue weighted by atomic mass is 32.2. The second-order valence-corrected chi connectivity index (χ2v) is 9.00. The largest absolute Gasteiger partial charge is 0.322 e. The van der Waals surface area contributed by atoms with Crippen molar-refractivity contribution < 1.29 is 9.18 Å². The van der Waals surface area contributed by atoms with Crippen LogP contribution in [0.5, 0.6) is 0 Å². The van der Waals surface area contributed by atoms with Gasteiger partial charge >= 0.3 is 0 Å². The summed E-state index contributed by atoms with van der Waals surface area (Å²) in [5.74, 6) is 0.868. The van der Waals surface area contributed by atoms with Gasteiger partial charge in [-0.25, -0.2) is 4.39 Å². The molecule has 1 N–H and O–H groups in total. The molecule has 8 heteroatoms. The lowest BCUT2D eigenvalue weighted by atomic mass is 10.1. The lowest BCUT2D eigenvalue weighted by molar-refractivity contribution is 0.102. The normalized spacial score (nSPS) is 10.8. The van der Waals surface area contributed by atoms with Crippen molar-refractivity contribution in [2.75, 3.05) is 5.32 Å². The molecule has 0 fully saturated rings. The molecule has 6 nitrogen and oxygen atoms in total. The molecular weight excluding hydrogens is 473 g/mol. The highest BCUT2D eigenvalue weighted by Gasteiger charge is 2.15. The summed E-state index contributed by atoms with van der Waals surface area (Å²) in [5.41, 5.74) is 4.24. The van der Waals surface area contributed by atoms with E-state index in [0.29, 0.717) is 23.5 Å². The second kappa shape index (κ2) is 11.0. The van der Waals surface area contributed by atoms with Crippen molar-refractivity contribution >= 4 is 23.4 Å². The Labute approximate surface area is 212 Å². The SMILES string of the molecule is O=C(Nc1ccc(F)cc1)c1ccc(CSc2nnc(-c3ccncc3)n2Cc2ccccc2)cc1. The fourth-order valence-electron chi connectivity index (χ4n) is 3.66. The Balaban J connectivity index is 1.30. The summed E-state index contributed by atoms with van der Waals surface area (Å²) in [4.78, 5) is 16.6. The Morgan fingerprint density at radius 1 is 0.833 bits per heavy atom. The third-order valence-electron chi connectivity index (χ3n) is 5.53. The minimum Gasteiger partial charge on any atom is -0.322 e. The average Bonchev–Trinajstić information content (AvgIpc) is 3.32. The fourth-order valence-corrected chi connectivity index (χ4v) is 4.55. The van der Waals surface area contributed by atoms with E-state index in [9.17, 15) is 9.18 Å². The Bertz CT molecular complexity index is 1440. The summed E-state index contributed by atoms with van der Waals surface area (Å²) in [6, 6.07) is 27.2. The van der Waals surface area contributed by atoms with Crippen molar-refractivity contribution in [2.24, 2.45) is 0 Å². The van der Waals surface area contributed by atoms with E-state index in [1.807, 2.05) is 42.5 Å². The predicted octanol–water partition coefficient (Wildman–Crippen LogP) is 6.07. The summed E-state index contributed by atoms with van der Waals surface area (Å²) in [7, 11) is 0. The van der Waals surface area contributed by atoms with E-state index in [1.165, 1.54) is 24.3 Å². The van der Waals surface area contributed by atoms with E-state index < -0.39 is 0 Å². The summed E-state index contributed by atoms with van der Waals surface area (Å²) >= 11 is 1.59. The third kappa shape index (κ3) is 5.67. The summed E-state index contributed by atoms with van der Waals surface area (Å²) in [6.07, 6.45) is 3.49. The van der Waals surface area contributed by atoms with Crippen molar-refractivity contribution in [1.82, 2.24) is 19.7 Å². The number of hydrogen-bond acceptors (Lipinski definition) is 5. The predicted molar refractivity (Wildman–Crippen MR) is 139 cm³/mol. The number of carbonyl (C=O) groups excluding carboxylic acids is 1. The molecule has 2 heterocycles. The van der Waals surface area contributed by atoms with Gasteiger partial charge in [0.25, 0.3) is 5.91 Å². The van der Waals surface area contributed by atoms with Gasteiger partial charge in [-0.1, -0.05) is 54.2 Å². The van der Waals surface area contributed by atoms with Gasteiger partial charge in [-0.2, -0.15) is 0 Å². The highest BCUT2D eigenvalue weighted by Crippen LogP contribution is 2.27. The Morgan fingerprint density at radius 2 is 1.56 bits per heavy atom. The van der Waals surface area contributed by atoms with Gasteiger partial charge in [0.2, 0.25) is 0 Å². The smallest absolute Gasteiger partial charge is 0.255 e. The molecule has 0 aliphatic carbocycles. The van der Waals surface area contributed by atoms with Crippen LogP contribution in [-0.4, -0.2) is 25.7 Å². The van der Waals surface area contributed by atoms with Gasteiger partial charge in [0.1, 0.15) is 5.82 Å². The van der Waals surface area contributed by atoms with Crippen LogP contribution in [0.2, 0.25) is 0 Å². The zero-order valence-corrected chi connectivity index (χ0v) is 20.0. The van der Waals surface area contributed by atoms with Gasteiger partial charge in [-0.05, 0) is 59.7 Å². The van der Waals surface area contributed by atoms with Crippen molar-refractivity contribution in [1.29, 1.82) is 0 Å². The Hall–Kier alpha value is -4.30. The van der Waals surface area contributed by atoms with Crippen molar-refractivity contribution in [3.63, 3.8) is 0 Å². The Morgan fingerprint density at radius 3 is 2.28 bits per heavy atom. The first-order chi connectivity index (χ1) is 17.7. The molecule has 178 valence electrons. The molecule has 5 aromatic rings. The van der Waals surface area contributed by atoms with Crippen LogP contribution in [0, 0.1) is 5.82 Å². The van der Waals surface area contributed by atoms with Crippen molar-refractivity contribution in [2.45, 2.75) is 17.5 Å². The first-order valence-electron chi connectivity index (χ1n) is 11.3. The molecule has 0 saturated carbocycles. The van der Waals surface area contributed by atoms with E-state index in [0.717, 1.165) is 27.7 Å². The number of thioether (sulfide) groups is 1. The van der Waals surface area contributed by atoms with E-state index in [-0.39, 0.29) is 11.7 Å². The zero-order chi connectivity index (χ0) is 24.7. The van der Waals surface area contributed by atoms with Crippen LogP contribution >= 0.6 is 11.8 Å². The number of nitrogens with zero attached hydrogens (tertiary/aromatic N) is 4. The molecule has 0 saturated heterocycles. The quantitative estimate of drug-likeness (QED) is 0.265. The van der Waals surface area contributed by atoms with E-state index in [2.05, 4.69) is 37.2 Å². The van der Waals surface area contributed by atoms with Gasteiger partial charge < -0.3 is 5.32 Å². The van der Waals surface area contributed by atoms with E-state index in [1.54, 1.807) is 36.3 Å². The third-order valence-corrected chi connectivity index (χ3v) is 6.56. The number of aromatic nitrogens is 4. The molecule has 2 aromatic heterocycles. The minimum atomic E-state index is -0.345. The van der Waals surface area contributed by atoms with E-state index >= 15 is 0 Å². The molecule has 3 aromatic carbocycles. The topological polar surface area (TPSA) is 72.7 Å².